The second-order valence-corrected chi connectivity index (χ2v) is 6.26. The fourth-order valence-electron chi connectivity index (χ4n) is 2.38. The summed E-state index contributed by atoms with van der Waals surface area (Å²) in [7, 11) is 0. The number of hydrogen-bond donors (Lipinski definition) is 2. The monoisotopic (exact) mass is 291 g/mol. The van der Waals surface area contributed by atoms with Crippen LogP contribution in [-0.4, -0.2) is 21.4 Å². The van der Waals surface area contributed by atoms with Crippen LogP contribution in [0.4, 0.5) is 0 Å². The lowest BCUT2D eigenvalue weighted by atomic mass is 9.96. The summed E-state index contributed by atoms with van der Waals surface area (Å²) in [6, 6.07) is 13.3. The van der Waals surface area contributed by atoms with Gasteiger partial charge in [-0.25, -0.2) is 0 Å². The van der Waals surface area contributed by atoms with Crippen LogP contribution in [0.2, 0.25) is 0 Å². The number of aliphatic hydroxyl groups is 1. The van der Waals surface area contributed by atoms with Gasteiger partial charge in [0.15, 0.2) is 0 Å². The van der Waals surface area contributed by atoms with Crippen LogP contribution in [0.3, 0.4) is 0 Å². The smallest absolute Gasteiger partial charge is 0.106 e. The normalized spacial score (nSPS) is 14.7. The molecule has 2 atom stereocenters. The lowest BCUT2D eigenvalue weighted by Crippen LogP contribution is -2.40. The fourth-order valence-corrected chi connectivity index (χ4v) is 3.13. The minimum Gasteiger partial charge on any atom is -0.386 e. The first-order valence-corrected chi connectivity index (χ1v) is 7.68. The third-order valence-corrected chi connectivity index (χ3v) is 4.32. The number of thiophene rings is 1. The van der Waals surface area contributed by atoms with E-state index < -0.39 is 6.10 Å². The van der Waals surface area contributed by atoms with Crippen molar-refractivity contribution in [1.82, 2.24) is 5.06 Å². The zero-order valence-corrected chi connectivity index (χ0v) is 12.6. The summed E-state index contributed by atoms with van der Waals surface area (Å²) < 4.78 is 0. The van der Waals surface area contributed by atoms with E-state index in [1.54, 1.807) is 0 Å². The molecule has 4 heteroatoms. The molecule has 1 aromatic heterocycles. The van der Waals surface area contributed by atoms with Crippen molar-refractivity contribution < 1.29 is 10.3 Å². The van der Waals surface area contributed by atoms with Gasteiger partial charge in [0.1, 0.15) is 6.10 Å². The van der Waals surface area contributed by atoms with Crippen molar-refractivity contribution in [1.29, 1.82) is 0 Å². The molecule has 0 spiro atoms. The van der Waals surface area contributed by atoms with Crippen molar-refractivity contribution in [3.05, 3.63) is 58.3 Å². The Labute approximate surface area is 124 Å². The Hall–Kier alpha value is -1.20. The van der Waals surface area contributed by atoms with Gasteiger partial charge in [-0.3, -0.25) is 0 Å². The van der Waals surface area contributed by atoms with E-state index in [1.807, 2.05) is 61.7 Å². The Kier molecular flexibility index (Phi) is 5.31. The van der Waals surface area contributed by atoms with Gasteiger partial charge in [-0.05, 0) is 22.9 Å². The van der Waals surface area contributed by atoms with E-state index in [4.69, 9.17) is 0 Å². The molecule has 1 heterocycles. The Morgan fingerprint density at radius 2 is 1.80 bits per heavy atom. The first-order valence-electron chi connectivity index (χ1n) is 6.80. The van der Waals surface area contributed by atoms with Crippen molar-refractivity contribution in [3.8, 4) is 0 Å². The molecule has 0 radical (unpaired) electrons. The topological polar surface area (TPSA) is 43.7 Å². The average molecular weight is 291 g/mol. The molecule has 0 aliphatic carbocycles. The molecular formula is C16H21NO2S. The van der Waals surface area contributed by atoms with Gasteiger partial charge in [0.2, 0.25) is 0 Å². The first-order chi connectivity index (χ1) is 9.59. The maximum atomic E-state index is 10.5. The van der Waals surface area contributed by atoms with Gasteiger partial charge in [0, 0.05) is 11.4 Å². The highest BCUT2D eigenvalue weighted by atomic mass is 32.1. The SMILES string of the molecule is CC(C)C([C@@H](O)c1cccs1)N(O)Cc1ccccc1. The highest BCUT2D eigenvalue weighted by Gasteiger charge is 2.30. The molecule has 20 heavy (non-hydrogen) atoms. The summed E-state index contributed by atoms with van der Waals surface area (Å²) in [5.41, 5.74) is 1.03. The molecule has 2 aromatic rings. The summed E-state index contributed by atoms with van der Waals surface area (Å²) in [6.45, 7) is 4.43. The van der Waals surface area contributed by atoms with Crippen LogP contribution in [0.1, 0.15) is 30.4 Å². The maximum absolute atomic E-state index is 10.5. The number of nitrogens with zero attached hydrogens (tertiary/aromatic N) is 1. The zero-order valence-electron chi connectivity index (χ0n) is 11.8. The van der Waals surface area contributed by atoms with Crippen molar-refractivity contribution in [2.75, 3.05) is 0 Å². The molecular weight excluding hydrogens is 270 g/mol. The maximum Gasteiger partial charge on any atom is 0.106 e. The molecule has 0 bridgehead atoms. The number of benzene rings is 1. The summed E-state index contributed by atoms with van der Waals surface area (Å²) >= 11 is 1.51. The summed E-state index contributed by atoms with van der Waals surface area (Å²) in [6.07, 6.45) is -0.677. The van der Waals surface area contributed by atoms with Gasteiger partial charge < -0.3 is 10.3 Å². The van der Waals surface area contributed by atoms with Crippen molar-refractivity contribution in [3.63, 3.8) is 0 Å². The summed E-state index contributed by atoms with van der Waals surface area (Å²) in [5.74, 6) is 0.140. The molecule has 108 valence electrons. The minimum atomic E-state index is -0.677. The van der Waals surface area contributed by atoms with Crippen molar-refractivity contribution in [2.45, 2.75) is 32.5 Å². The van der Waals surface area contributed by atoms with E-state index in [0.717, 1.165) is 10.4 Å². The fraction of sp³-hybridized carbons (Fsp3) is 0.375. The van der Waals surface area contributed by atoms with Crippen LogP contribution < -0.4 is 0 Å². The van der Waals surface area contributed by atoms with Crippen LogP contribution in [0.25, 0.3) is 0 Å². The lowest BCUT2D eigenvalue weighted by Gasteiger charge is -2.32. The minimum absolute atomic E-state index is 0.140. The lowest BCUT2D eigenvalue weighted by molar-refractivity contribution is -0.176. The van der Waals surface area contributed by atoms with Crippen LogP contribution >= 0.6 is 11.3 Å². The second kappa shape index (κ2) is 6.99. The molecule has 2 N–H and O–H groups in total. The third kappa shape index (κ3) is 3.67. The Balaban J connectivity index is 2.12. The number of hydroxylamine groups is 2. The van der Waals surface area contributed by atoms with Crippen LogP contribution in [0.5, 0.6) is 0 Å². The molecule has 0 saturated heterocycles. The average Bonchev–Trinajstić information content (AvgIpc) is 2.93. The van der Waals surface area contributed by atoms with Crippen LogP contribution in [0, 0.1) is 5.92 Å². The van der Waals surface area contributed by atoms with Gasteiger partial charge in [0.25, 0.3) is 0 Å². The van der Waals surface area contributed by atoms with E-state index in [9.17, 15) is 10.3 Å². The van der Waals surface area contributed by atoms with Crippen LogP contribution in [0.15, 0.2) is 47.8 Å². The van der Waals surface area contributed by atoms with E-state index in [2.05, 4.69) is 0 Å². The van der Waals surface area contributed by atoms with E-state index >= 15 is 0 Å². The highest BCUT2D eigenvalue weighted by Crippen LogP contribution is 2.29. The molecule has 2 rings (SSSR count). The highest BCUT2D eigenvalue weighted by molar-refractivity contribution is 7.10. The first kappa shape index (κ1) is 15.2. The predicted molar refractivity (Wildman–Crippen MR) is 81.7 cm³/mol. The molecule has 3 nitrogen and oxygen atoms in total. The van der Waals surface area contributed by atoms with Crippen molar-refractivity contribution >= 4 is 11.3 Å². The number of aliphatic hydroxyl groups excluding tert-OH is 1. The molecule has 1 unspecified atom stereocenters. The Bertz CT molecular complexity index is 498. The van der Waals surface area contributed by atoms with Crippen LogP contribution in [-0.2, 0) is 6.54 Å². The standard InChI is InChI=1S/C16H21NO2S/c1-12(2)15(16(18)14-9-6-10-20-14)17(19)11-13-7-4-3-5-8-13/h3-10,12,15-16,18-19H,11H2,1-2H3/t15?,16-/m0/s1. The molecule has 0 aliphatic heterocycles. The quantitative estimate of drug-likeness (QED) is 0.798. The van der Waals surface area contributed by atoms with E-state index in [-0.39, 0.29) is 12.0 Å². The number of rotatable bonds is 6. The van der Waals surface area contributed by atoms with Gasteiger partial charge in [-0.15, -0.1) is 11.3 Å². The Morgan fingerprint density at radius 3 is 2.35 bits per heavy atom. The van der Waals surface area contributed by atoms with Crippen molar-refractivity contribution in [2.24, 2.45) is 5.92 Å². The molecule has 0 aliphatic rings. The van der Waals surface area contributed by atoms with Gasteiger partial charge >= 0.3 is 0 Å². The molecule has 1 aromatic carbocycles. The largest absolute Gasteiger partial charge is 0.386 e. The summed E-state index contributed by atoms with van der Waals surface area (Å²) in [5, 5.41) is 24.1. The summed E-state index contributed by atoms with van der Waals surface area (Å²) in [4.78, 5) is 0.885. The Morgan fingerprint density at radius 1 is 1.10 bits per heavy atom. The molecule has 0 saturated carbocycles. The van der Waals surface area contributed by atoms with E-state index in [0.29, 0.717) is 6.54 Å². The van der Waals surface area contributed by atoms with Gasteiger partial charge in [-0.1, -0.05) is 50.2 Å². The second-order valence-electron chi connectivity index (χ2n) is 5.28. The van der Waals surface area contributed by atoms with E-state index in [1.165, 1.54) is 16.4 Å². The predicted octanol–water partition coefficient (Wildman–Crippen LogP) is 3.70. The molecule has 0 fully saturated rings. The van der Waals surface area contributed by atoms with Gasteiger partial charge in [-0.2, -0.15) is 5.06 Å². The third-order valence-electron chi connectivity index (χ3n) is 3.37. The van der Waals surface area contributed by atoms with Gasteiger partial charge in [0.05, 0.1) is 6.04 Å². The molecule has 0 amide bonds. The number of hydrogen-bond acceptors (Lipinski definition) is 4. The zero-order chi connectivity index (χ0) is 14.5.